The fourth-order valence-corrected chi connectivity index (χ4v) is 1.41. The Morgan fingerprint density at radius 3 is 2.83 bits per heavy atom. The largest absolute Gasteiger partial charge is 0.321 e. The molecular weight excluding hydrogens is 146 g/mol. The molecule has 0 bridgehead atoms. The normalized spacial score (nSPS) is 25.9. The van der Waals surface area contributed by atoms with Gasteiger partial charge in [-0.15, -0.1) is 0 Å². The van der Waals surface area contributed by atoms with Gasteiger partial charge in [0, 0.05) is 6.04 Å². The van der Waals surface area contributed by atoms with Crippen LogP contribution >= 0.6 is 0 Å². The molecule has 2 aliphatic rings. The average molecular weight is 157 g/mol. The summed E-state index contributed by atoms with van der Waals surface area (Å²) in [5, 5.41) is 0. The monoisotopic (exact) mass is 157 g/mol. The van der Waals surface area contributed by atoms with Crippen LogP contribution in [0.5, 0.6) is 0 Å². The molecule has 1 atom stereocenters. The molecule has 1 unspecified atom stereocenters. The minimum Gasteiger partial charge on any atom is -0.321 e. The molecule has 2 rings (SSSR count). The van der Waals surface area contributed by atoms with Crippen LogP contribution in [0.2, 0.25) is 0 Å². The zero-order valence-corrected chi connectivity index (χ0v) is 6.77. The summed E-state index contributed by atoms with van der Waals surface area (Å²) >= 11 is 0. The molecule has 0 amide bonds. The molecular formula is C11H11N. The Bertz CT molecular complexity index is 327. The van der Waals surface area contributed by atoms with Crippen molar-refractivity contribution in [3.05, 3.63) is 59.8 Å². The Hall–Kier alpha value is -1.34. The highest BCUT2D eigenvalue weighted by Gasteiger charge is 2.11. The van der Waals surface area contributed by atoms with E-state index < -0.39 is 0 Å². The molecule has 0 fully saturated rings. The van der Waals surface area contributed by atoms with Crippen LogP contribution in [-0.4, -0.2) is 6.04 Å². The highest BCUT2D eigenvalue weighted by molar-refractivity contribution is 5.53. The molecule has 0 saturated heterocycles. The molecule has 0 aliphatic heterocycles. The average Bonchev–Trinajstić information content (AvgIpc) is 2.30. The minimum atomic E-state index is 0.0531. The van der Waals surface area contributed by atoms with Gasteiger partial charge in [-0.2, -0.15) is 0 Å². The van der Waals surface area contributed by atoms with E-state index in [4.69, 9.17) is 5.73 Å². The lowest BCUT2D eigenvalue weighted by Crippen LogP contribution is -2.22. The number of allylic oxidation sites excluding steroid dienone is 7. The second-order valence-corrected chi connectivity index (χ2v) is 2.90. The second kappa shape index (κ2) is 2.95. The van der Waals surface area contributed by atoms with E-state index >= 15 is 0 Å². The highest BCUT2D eigenvalue weighted by atomic mass is 14.6. The van der Waals surface area contributed by atoms with Gasteiger partial charge in [-0.25, -0.2) is 0 Å². The molecule has 1 heteroatoms. The number of hydrogen-bond donors (Lipinski definition) is 1. The second-order valence-electron chi connectivity index (χ2n) is 2.90. The van der Waals surface area contributed by atoms with E-state index in [2.05, 4.69) is 18.2 Å². The van der Waals surface area contributed by atoms with Crippen molar-refractivity contribution in [3.63, 3.8) is 0 Å². The van der Waals surface area contributed by atoms with Crippen LogP contribution in [0.4, 0.5) is 0 Å². The summed E-state index contributed by atoms with van der Waals surface area (Å²) in [4.78, 5) is 0. The lowest BCUT2D eigenvalue weighted by atomic mass is 9.94. The van der Waals surface area contributed by atoms with E-state index in [9.17, 15) is 0 Å². The molecule has 0 aromatic rings. The van der Waals surface area contributed by atoms with Gasteiger partial charge in [-0.3, -0.25) is 0 Å². The van der Waals surface area contributed by atoms with Crippen LogP contribution in [0.3, 0.4) is 0 Å². The fraction of sp³-hybridized carbons (Fsp3) is 0.0909. The van der Waals surface area contributed by atoms with Gasteiger partial charge in [-0.1, -0.05) is 48.6 Å². The van der Waals surface area contributed by atoms with Gasteiger partial charge < -0.3 is 5.73 Å². The first kappa shape index (κ1) is 7.32. The Kier molecular flexibility index (Phi) is 1.80. The summed E-state index contributed by atoms with van der Waals surface area (Å²) in [5.74, 6) is 0. The molecule has 60 valence electrons. The van der Waals surface area contributed by atoms with E-state index in [0.717, 1.165) is 0 Å². The Morgan fingerprint density at radius 2 is 1.92 bits per heavy atom. The van der Waals surface area contributed by atoms with Crippen molar-refractivity contribution in [3.8, 4) is 0 Å². The maximum Gasteiger partial charge on any atom is 0.0490 e. The quantitative estimate of drug-likeness (QED) is 0.570. The third kappa shape index (κ3) is 1.19. The van der Waals surface area contributed by atoms with Crippen molar-refractivity contribution in [2.45, 2.75) is 6.04 Å². The van der Waals surface area contributed by atoms with Gasteiger partial charge in [0.05, 0.1) is 0 Å². The van der Waals surface area contributed by atoms with Crippen LogP contribution in [0, 0.1) is 0 Å². The lowest BCUT2D eigenvalue weighted by Gasteiger charge is -2.15. The molecule has 0 aromatic heterocycles. The van der Waals surface area contributed by atoms with Crippen molar-refractivity contribution < 1.29 is 0 Å². The summed E-state index contributed by atoms with van der Waals surface area (Å²) in [5.41, 5.74) is 8.31. The first-order valence-electron chi connectivity index (χ1n) is 4.07. The maximum atomic E-state index is 5.90. The minimum absolute atomic E-state index is 0.0531. The van der Waals surface area contributed by atoms with Crippen LogP contribution in [0.25, 0.3) is 0 Å². The number of fused-ring (bicyclic) bond motifs is 1. The molecule has 12 heavy (non-hydrogen) atoms. The van der Waals surface area contributed by atoms with Crippen LogP contribution in [0.15, 0.2) is 59.8 Å². The Balaban J connectivity index is 2.46. The van der Waals surface area contributed by atoms with Crippen LogP contribution < -0.4 is 5.73 Å². The lowest BCUT2D eigenvalue weighted by molar-refractivity contribution is 0.957. The van der Waals surface area contributed by atoms with Gasteiger partial charge in [0.25, 0.3) is 0 Å². The predicted octanol–water partition coefficient (Wildman–Crippen LogP) is 1.86. The third-order valence-electron chi connectivity index (χ3n) is 2.06. The molecule has 0 aromatic carbocycles. The number of hydrogen-bond acceptors (Lipinski definition) is 1. The van der Waals surface area contributed by atoms with Gasteiger partial charge in [0.2, 0.25) is 0 Å². The van der Waals surface area contributed by atoms with E-state index in [1.54, 1.807) is 0 Å². The fourth-order valence-electron chi connectivity index (χ4n) is 1.41. The van der Waals surface area contributed by atoms with Gasteiger partial charge in [0.1, 0.15) is 0 Å². The highest BCUT2D eigenvalue weighted by Crippen LogP contribution is 2.21. The number of nitrogens with two attached hydrogens (primary N) is 1. The van der Waals surface area contributed by atoms with Gasteiger partial charge in [0.15, 0.2) is 0 Å². The zero-order valence-electron chi connectivity index (χ0n) is 6.77. The van der Waals surface area contributed by atoms with Crippen molar-refractivity contribution >= 4 is 0 Å². The van der Waals surface area contributed by atoms with Gasteiger partial charge >= 0.3 is 0 Å². The summed E-state index contributed by atoms with van der Waals surface area (Å²) in [7, 11) is 0. The smallest absolute Gasteiger partial charge is 0.0490 e. The molecule has 2 N–H and O–H groups in total. The van der Waals surface area contributed by atoms with Crippen LogP contribution in [0.1, 0.15) is 0 Å². The summed E-state index contributed by atoms with van der Waals surface area (Å²) in [6.07, 6.45) is 16.3. The van der Waals surface area contributed by atoms with Crippen molar-refractivity contribution in [2.24, 2.45) is 5.73 Å². The predicted molar refractivity (Wildman–Crippen MR) is 51.6 cm³/mol. The summed E-state index contributed by atoms with van der Waals surface area (Å²) in [6.45, 7) is 0. The molecule has 1 nitrogen and oxygen atoms in total. The van der Waals surface area contributed by atoms with Crippen molar-refractivity contribution in [2.75, 3.05) is 0 Å². The van der Waals surface area contributed by atoms with E-state index in [-0.39, 0.29) is 6.04 Å². The molecule has 0 spiro atoms. The zero-order chi connectivity index (χ0) is 8.39. The summed E-state index contributed by atoms with van der Waals surface area (Å²) in [6, 6.07) is 0.0531. The Labute approximate surface area is 72.3 Å². The van der Waals surface area contributed by atoms with Crippen LogP contribution in [-0.2, 0) is 0 Å². The van der Waals surface area contributed by atoms with E-state index in [0.29, 0.717) is 0 Å². The maximum absolute atomic E-state index is 5.90. The number of rotatable bonds is 0. The topological polar surface area (TPSA) is 26.0 Å². The van der Waals surface area contributed by atoms with E-state index in [1.165, 1.54) is 11.1 Å². The van der Waals surface area contributed by atoms with Crippen molar-refractivity contribution in [1.29, 1.82) is 0 Å². The molecule has 0 heterocycles. The third-order valence-corrected chi connectivity index (χ3v) is 2.06. The molecule has 0 saturated carbocycles. The standard InChI is InChI=1S/C11H11N/c12-11-8-4-6-9-5-2-1-3-7-10(9)11/h1-8,11H,12H2. The first-order chi connectivity index (χ1) is 5.88. The Morgan fingerprint density at radius 1 is 1.00 bits per heavy atom. The first-order valence-corrected chi connectivity index (χ1v) is 4.07. The summed E-state index contributed by atoms with van der Waals surface area (Å²) < 4.78 is 0. The molecule has 0 radical (unpaired) electrons. The SMILES string of the molecule is NC1C=CC=C2C=CC=CC=C21. The van der Waals surface area contributed by atoms with Gasteiger partial charge in [-0.05, 0) is 11.1 Å². The van der Waals surface area contributed by atoms with Crippen molar-refractivity contribution in [1.82, 2.24) is 0 Å². The van der Waals surface area contributed by atoms with E-state index in [1.807, 2.05) is 30.4 Å². The molecule has 2 aliphatic carbocycles.